The highest BCUT2D eigenvalue weighted by Gasteiger charge is 2.75. The van der Waals surface area contributed by atoms with E-state index in [0.29, 0.717) is 44.5 Å². The third-order valence-corrected chi connectivity index (χ3v) is 7.21. The molecule has 2 heterocycles. The molecule has 1 aromatic heterocycles. The number of hydrogen-bond donors (Lipinski definition) is 2. The molecule has 162 valence electrons. The first-order chi connectivity index (χ1) is 14.9. The summed E-state index contributed by atoms with van der Waals surface area (Å²) >= 11 is 0. The number of nitrogens with two attached hydrogens (primary N) is 1. The van der Waals surface area contributed by atoms with Gasteiger partial charge >= 0.3 is 5.97 Å². The zero-order valence-corrected chi connectivity index (χ0v) is 17.4. The molecular formula is C23H27N5O3. The summed E-state index contributed by atoms with van der Waals surface area (Å²) in [7, 11) is 0. The summed E-state index contributed by atoms with van der Waals surface area (Å²) in [6, 6.07) is 7.80. The highest BCUT2D eigenvalue weighted by Crippen LogP contribution is 2.74. The van der Waals surface area contributed by atoms with Gasteiger partial charge in [-0.3, -0.25) is 19.3 Å². The van der Waals surface area contributed by atoms with E-state index in [1.165, 1.54) is 0 Å². The molecule has 1 saturated heterocycles. The molecule has 1 aliphatic heterocycles. The van der Waals surface area contributed by atoms with E-state index in [2.05, 4.69) is 16.3 Å². The number of carboxylic acids is 1. The number of hydrogen-bond acceptors (Lipinski definition) is 5. The Kier molecular flexibility index (Phi) is 4.60. The van der Waals surface area contributed by atoms with E-state index in [9.17, 15) is 14.7 Å². The molecule has 6 rings (SSSR count). The molecule has 2 aromatic rings. The minimum Gasteiger partial charge on any atom is -0.481 e. The van der Waals surface area contributed by atoms with Crippen LogP contribution in [-0.4, -0.2) is 51.0 Å². The zero-order valence-electron chi connectivity index (χ0n) is 17.4. The van der Waals surface area contributed by atoms with Crippen molar-refractivity contribution in [2.75, 3.05) is 18.8 Å². The van der Waals surface area contributed by atoms with Crippen LogP contribution in [-0.2, 0) is 16.0 Å². The Morgan fingerprint density at radius 1 is 1.19 bits per heavy atom. The Balaban J connectivity index is 1.13. The number of nitrogens with zero attached hydrogens (tertiary/aromatic N) is 4. The second kappa shape index (κ2) is 7.21. The van der Waals surface area contributed by atoms with Crippen LogP contribution in [0.5, 0.6) is 0 Å². The van der Waals surface area contributed by atoms with E-state index in [-0.39, 0.29) is 17.4 Å². The van der Waals surface area contributed by atoms with Crippen molar-refractivity contribution < 1.29 is 14.7 Å². The number of para-hydroxylation sites is 2. The fourth-order valence-corrected chi connectivity index (χ4v) is 5.45. The molecule has 2 bridgehead atoms. The molecule has 3 aliphatic carbocycles. The van der Waals surface area contributed by atoms with Crippen molar-refractivity contribution in [3.05, 3.63) is 42.2 Å². The lowest BCUT2D eigenvalue weighted by atomic mass is 9.34. The predicted octanol–water partition coefficient (Wildman–Crippen LogP) is 2.83. The van der Waals surface area contributed by atoms with Crippen molar-refractivity contribution in [1.82, 2.24) is 14.7 Å². The van der Waals surface area contributed by atoms with E-state index < -0.39 is 11.4 Å². The van der Waals surface area contributed by atoms with Gasteiger partial charge in [0.05, 0.1) is 34.4 Å². The van der Waals surface area contributed by atoms with E-state index in [1.807, 2.05) is 46.3 Å². The molecule has 4 aliphatic rings. The monoisotopic (exact) mass is 421 g/mol. The van der Waals surface area contributed by atoms with Crippen LogP contribution in [0.25, 0.3) is 0 Å². The van der Waals surface area contributed by atoms with Gasteiger partial charge in [0, 0.05) is 31.9 Å². The fourth-order valence-electron chi connectivity index (χ4n) is 5.45. The second-order valence-electron chi connectivity index (χ2n) is 9.32. The molecule has 3 N–H and O–H groups in total. The zero-order chi connectivity index (χ0) is 21.6. The summed E-state index contributed by atoms with van der Waals surface area (Å²) in [5, 5.41) is 13.8. The van der Waals surface area contributed by atoms with Gasteiger partial charge in [0.2, 0.25) is 5.91 Å². The van der Waals surface area contributed by atoms with Gasteiger partial charge in [-0.2, -0.15) is 5.10 Å². The number of piperidine rings is 1. The Morgan fingerprint density at radius 2 is 1.90 bits per heavy atom. The number of carbonyl (C=O) groups excluding carboxylic acids is 1. The van der Waals surface area contributed by atoms with Gasteiger partial charge in [0.15, 0.2) is 0 Å². The molecule has 8 heteroatoms. The molecule has 4 fully saturated rings. The predicted molar refractivity (Wildman–Crippen MR) is 116 cm³/mol. The quantitative estimate of drug-likeness (QED) is 0.550. The maximum Gasteiger partial charge on any atom is 0.309 e. The van der Waals surface area contributed by atoms with Crippen molar-refractivity contribution in [3.63, 3.8) is 0 Å². The number of rotatable bonds is 6. The Bertz CT molecular complexity index is 1030. The van der Waals surface area contributed by atoms with Gasteiger partial charge < -0.3 is 15.7 Å². The molecule has 0 radical (unpaired) electrons. The van der Waals surface area contributed by atoms with Gasteiger partial charge in [0.1, 0.15) is 0 Å². The summed E-state index contributed by atoms with van der Waals surface area (Å²) in [4.78, 5) is 30.6. The van der Waals surface area contributed by atoms with Crippen molar-refractivity contribution in [2.24, 2.45) is 15.8 Å². The van der Waals surface area contributed by atoms with Gasteiger partial charge in [0.25, 0.3) is 0 Å². The van der Waals surface area contributed by atoms with Gasteiger partial charge in [-0.25, -0.2) is 0 Å². The first-order valence-corrected chi connectivity index (χ1v) is 10.8. The maximum absolute atomic E-state index is 12.9. The molecular weight excluding hydrogens is 394 g/mol. The van der Waals surface area contributed by atoms with Crippen LogP contribution in [0, 0.1) is 10.8 Å². The Hall–Kier alpha value is -3.16. The highest BCUT2D eigenvalue weighted by molar-refractivity contribution is 5.93. The number of likely N-dealkylation sites (tertiary alicyclic amines) is 1. The third kappa shape index (κ3) is 3.30. The lowest BCUT2D eigenvalue weighted by Crippen LogP contribution is -2.71. The van der Waals surface area contributed by atoms with E-state index in [4.69, 9.17) is 5.73 Å². The smallest absolute Gasteiger partial charge is 0.309 e. The molecule has 0 unspecified atom stereocenters. The molecule has 0 spiro atoms. The number of anilines is 1. The van der Waals surface area contributed by atoms with Crippen LogP contribution in [0.3, 0.4) is 0 Å². The molecule has 8 nitrogen and oxygen atoms in total. The molecule has 1 amide bonds. The number of aliphatic carboxylic acids is 1. The van der Waals surface area contributed by atoms with Crippen molar-refractivity contribution in [2.45, 2.75) is 44.6 Å². The molecule has 3 saturated carbocycles. The first kappa shape index (κ1) is 19.8. The average molecular weight is 422 g/mol. The van der Waals surface area contributed by atoms with Crippen LogP contribution in [0.15, 0.2) is 41.7 Å². The summed E-state index contributed by atoms with van der Waals surface area (Å²) < 4.78 is 2.00. The highest BCUT2D eigenvalue weighted by atomic mass is 16.4. The summed E-state index contributed by atoms with van der Waals surface area (Å²) in [5.74, 6) is -0.584. The minimum atomic E-state index is -0.743. The Morgan fingerprint density at radius 3 is 2.58 bits per heavy atom. The fraction of sp³-hybridized carbons (Fsp3) is 0.478. The lowest BCUT2D eigenvalue weighted by molar-refractivity contribution is -0.226. The van der Waals surface area contributed by atoms with E-state index in [0.717, 1.165) is 24.1 Å². The van der Waals surface area contributed by atoms with Crippen LogP contribution in [0.2, 0.25) is 0 Å². The summed E-state index contributed by atoms with van der Waals surface area (Å²) in [5.41, 5.74) is 7.44. The van der Waals surface area contributed by atoms with Crippen LogP contribution < -0.4 is 5.73 Å². The van der Waals surface area contributed by atoms with E-state index in [1.54, 1.807) is 0 Å². The summed E-state index contributed by atoms with van der Waals surface area (Å²) in [6.07, 6.45) is 9.74. The van der Waals surface area contributed by atoms with Crippen LogP contribution in [0.4, 0.5) is 11.4 Å². The van der Waals surface area contributed by atoms with Crippen LogP contribution >= 0.6 is 0 Å². The van der Waals surface area contributed by atoms with Crippen molar-refractivity contribution in [1.29, 1.82) is 0 Å². The van der Waals surface area contributed by atoms with Gasteiger partial charge in [-0.15, -0.1) is 0 Å². The SMILES string of the molecule is Nc1ccccc1N=CCc1cnn(C2CCN(C(=O)C34CC(C(=O)O)(C3)C4)CC2)c1. The number of nitrogen functional groups attached to an aromatic ring is 1. The number of carboxylic acid groups (broad SMARTS) is 1. The largest absolute Gasteiger partial charge is 0.481 e. The van der Waals surface area contributed by atoms with Gasteiger partial charge in [-0.05, 0) is 49.8 Å². The standard InChI is InChI=1S/C23H27N5O3/c24-18-3-1-2-4-19(18)25-8-5-16-11-26-28(12-16)17-6-9-27(10-7-17)20(29)22-13-23(14-22,15-22)21(30)31/h1-4,8,11-12,17H,5-7,9-10,13-15,24H2,(H,30,31). The number of carbonyl (C=O) groups is 2. The average Bonchev–Trinajstić information content (AvgIpc) is 3.16. The Labute approximate surface area is 180 Å². The van der Waals surface area contributed by atoms with Crippen molar-refractivity contribution >= 4 is 29.5 Å². The van der Waals surface area contributed by atoms with Gasteiger partial charge in [-0.1, -0.05) is 12.1 Å². The molecule has 1 aromatic carbocycles. The van der Waals surface area contributed by atoms with Crippen molar-refractivity contribution in [3.8, 4) is 0 Å². The van der Waals surface area contributed by atoms with Crippen LogP contribution in [0.1, 0.15) is 43.7 Å². The lowest BCUT2D eigenvalue weighted by Gasteiger charge is -2.67. The number of aromatic nitrogens is 2. The normalized spacial score (nSPS) is 27.7. The second-order valence-corrected chi connectivity index (χ2v) is 9.32. The topological polar surface area (TPSA) is 114 Å². The number of aliphatic imine (C=N–C) groups is 1. The molecule has 0 atom stereocenters. The number of amides is 1. The maximum atomic E-state index is 12.9. The molecule has 31 heavy (non-hydrogen) atoms. The third-order valence-electron chi connectivity index (χ3n) is 7.21. The summed E-state index contributed by atoms with van der Waals surface area (Å²) in [6.45, 7) is 1.41. The first-order valence-electron chi connectivity index (χ1n) is 10.8. The minimum absolute atomic E-state index is 0.159. The number of benzene rings is 1. The van der Waals surface area contributed by atoms with E-state index >= 15 is 0 Å².